The third-order valence-corrected chi connectivity index (χ3v) is 4.86. The Morgan fingerprint density at radius 2 is 1.83 bits per heavy atom. The molecule has 3 aromatic rings. The minimum Gasteiger partial charge on any atom is -0.496 e. The number of para-hydroxylation sites is 1. The van der Waals surface area contributed by atoms with Gasteiger partial charge in [0, 0.05) is 6.54 Å². The Labute approximate surface area is 140 Å². The van der Waals surface area contributed by atoms with E-state index >= 15 is 0 Å². The molecule has 2 heterocycles. The van der Waals surface area contributed by atoms with Gasteiger partial charge in [0.2, 0.25) is 5.43 Å². The van der Waals surface area contributed by atoms with E-state index in [-0.39, 0.29) is 5.43 Å². The zero-order valence-corrected chi connectivity index (χ0v) is 13.9. The number of fused-ring (bicyclic) bond motifs is 2. The lowest BCUT2D eigenvalue weighted by Crippen LogP contribution is -2.29. The molecule has 24 heavy (non-hydrogen) atoms. The number of hydrogen-bond donors (Lipinski definition) is 0. The van der Waals surface area contributed by atoms with Crippen molar-refractivity contribution in [3.05, 3.63) is 52.2 Å². The third kappa shape index (κ3) is 2.57. The molecule has 1 aromatic heterocycles. The molecule has 124 valence electrons. The molecule has 0 aliphatic carbocycles. The molecule has 0 radical (unpaired) electrons. The molecule has 1 aliphatic rings. The van der Waals surface area contributed by atoms with E-state index < -0.39 is 0 Å². The number of nitrogens with zero attached hydrogens (tertiary/aromatic N) is 1. The standard InChI is InChI=1S/C20H21NO3/c1-23-17-10-9-15-19(22)14-7-3-4-8-18(14)24-20(15)16(17)13-21-11-5-2-6-12-21/h3-4,7-10H,2,5-6,11-13H2,1H3. The Kier molecular flexibility index (Phi) is 3.98. The van der Waals surface area contributed by atoms with Gasteiger partial charge in [-0.15, -0.1) is 0 Å². The minimum atomic E-state index is 0.0226. The SMILES string of the molecule is COc1ccc2c(=O)c3ccccc3oc2c1CN1CCCCC1. The molecule has 0 saturated carbocycles. The summed E-state index contributed by atoms with van der Waals surface area (Å²) >= 11 is 0. The van der Waals surface area contributed by atoms with Crippen LogP contribution in [0.15, 0.2) is 45.6 Å². The van der Waals surface area contributed by atoms with E-state index in [0.717, 1.165) is 30.9 Å². The molecular weight excluding hydrogens is 302 g/mol. The van der Waals surface area contributed by atoms with Gasteiger partial charge in [0.05, 0.1) is 23.4 Å². The lowest BCUT2D eigenvalue weighted by Gasteiger charge is -2.27. The highest BCUT2D eigenvalue weighted by Crippen LogP contribution is 2.30. The second-order valence-electron chi connectivity index (χ2n) is 6.39. The van der Waals surface area contributed by atoms with Gasteiger partial charge in [0.25, 0.3) is 0 Å². The second-order valence-corrected chi connectivity index (χ2v) is 6.39. The quantitative estimate of drug-likeness (QED) is 0.685. The molecule has 0 atom stereocenters. The first-order valence-electron chi connectivity index (χ1n) is 8.52. The summed E-state index contributed by atoms with van der Waals surface area (Å²) < 4.78 is 11.7. The fourth-order valence-electron chi connectivity index (χ4n) is 3.59. The van der Waals surface area contributed by atoms with E-state index in [0.29, 0.717) is 21.9 Å². The maximum absolute atomic E-state index is 12.8. The van der Waals surface area contributed by atoms with E-state index in [1.54, 1.807) is 7.11 Å². The summed E-state index contributed by atoms with van der Waals surface area (Å²) in [5.41, 5.74) is 2.28. The van der Waals surface area contributed by atoms with Gasteiger partial charge < -0.3 is 9.15 Å². The van der Waals surface area contributed by atoms with Crippen LogP contribution in [-0.4, -0.2) is 25.1 Å². The summed E-state index contributed by atoms with van der Waals surface area (Å²) in [4.78, 5) is 15.2. The highest BCUT2D eigenvalue weighted by molar-refractivity contribution is 5.92. The Hall–Kier alpha value is -2.33. The van der Waals surface area contributed by atoms with Crippen molar-refractivity contribution >= 4 is 21.9 Å². The van der Waals surface area contributed by atoms with Crippen LogP contribution < -0.4 is 10.2 Å². The number of ether oxygens (including phenoxy) is 1. The van der Waals surface area contributed by atoms with Gasteiger partial charge in [0.1, 0.15) is 16.9 Å². The van der Waals surface area contributed by atoms with Crippen LogP contribution in [0, 0.1) is 0 Å². The molecule has 0 amide bonds. The smallest absolute Gasteiger partial charge is 0.200 e. The molecule has 0 N–H and O–H groups in total. The lowest BCUT2D eigenvalue weighted by molar-refractivity contribution is 0.218. The van der Waals surface area contributed by atoms with Crippen LogP contribution in [0.25, 0.3) is 21.9 Å². The Balaban J connectivity index is 1.93. The fraction of sp³-hybridized carbons (Fsp3) is 0.350. The molecule has 1 aliphatic heterocycles. The van der Waals surface area contributed by atoms with Gasteiger partial charge in [-0.2, -0.15) is 0 Å². The van der Waals surface area contributed by atoms with E-state index in [4.69, 9.17) is 9.15 Å². The first-order valence-corrected chi connectivity index (χ1v) is 8.52. The monoisotopic (exact) mass is 323 g/mol. The van der Waals surface area contributed by atoms with Crippen LogP contribution in [0.4, 0.5) is 0 Å². The van der Waals surface area contributed by atoms with Crippen molar-refractivity contribution in [2.45, 2.75) is 25.8 Å². The van der Waals surface area contributed by atoms with Crippen molar-refractivity contribution < 1.29 is 9.15 Å². The van der Waals surface area contributed by atoms with Gasteiger partial charge in [-0.05, 0) is 50.2 Å². The fourth-order valence-corrected chi connectivity index (χ4v) is 3.59. The summed E-state index contributed by atoms with van der Waals surface area (Å²) in [6.07, 6.45) is 3.74. The number of likely N-dealkylation sites (tertiary alicyclic amines) is 1. The number of piperidine rings is 1. The molecule has 0 spiro atoms. The van der Waals surface area contributed by atoms with E-state index in [1.807, 2.05) is 36.4 Å². The Bertz CT molecular complexity index is 939. The maximum Gasteiger partial charge on any atom is 0.200 e. The van der Waals surface area contributed by atoms with Crippen LogP contribution >= 0.6 is 0 Å². The zero-order chi connectivity index (χ0) is 16.5. The molecule has 2 aromatic carbocycles. The van der Waals surface area contributed by atoms with E-state index in [1.165, 1.54) is 19.3 Å². The normalized spacial score (nSPS) is 15.9. The molecule has 4 nitrogen and oxygen atoms in total. The maximum atomic E-state index is 12.8. The predicted molar refractivity (Wildman–Crippen MR) is 95.7 cm³/mol. The van der Waals surface area contributed by atoms with Gasteiger partial charge in [-0.3, -0.25) is 9.69 Å². The zero-order valence-electron chi connectivity index (χ0n) is 13.9. The summed E-state index contributed by atoms with van der Waals surface area (Å²) in [6, 6.07) is 11.1. The van der Waals surface area contributed by atoms with Crippen molar-refractivity contribution in [3.8, 4) is 5.75 Å². The van der Waals surface area contributed by atoms with Crippen LogP contribution in [0.3, 0.4) is 0 Å². The number of benzene rings is 2. The van der Waals surface area contributed by atoms with Crippen LogP contribution in [0.5, 0.6) is 5.75 Å². The summed E-state index contributed by atoms with van der Waals surface area (Å²) in [5.74, 6) is 0.784. The van der Waals surface area contributed by atoms with Crippen molar-refractivity contribution in [2.75, 3.05) is 20.2 Å². The van der Waals surface area contributed by atoms with Crippen LogP contribution in [0.2, 0.25) is 0 Å². The number of methoxy groups -OCH3 is 1. The van der Waals surface area contributed by atoms with Gasteiger partial charge in [0.15, 0.2) is 0 Å². The summed E-state index contributed by atoms with van der Waals surface area (Å²) in [7, 11) is 1.67. The molecular formula is C20H21NO3. The third-order valence-electron chi connectivity index (χ3n) is 4.86. The van der Waals surface area contributed by atoms with Gasteiger partial charge in [-0.1, -0.05) is 18.6 Å². The largest absolute Gasteiger partial charge is 0.496 e. The van der Waals surface area contributed by atoms with E-state index in [9.17, 15) is 4.79 Å². The highest BCUT2D eigenvalue weighted by Gasteiger charge is 2.19. The Morgan fingerprint density at radius 3 is 2.62 bits per heavy atom. The first-order chi connectivity index (χ1) is 11.8. The minimum absolute atomic E-state index is 0.0226. The van der Waals surface area contributed by atoms with Gasteiger partial charge >= 0.3 is 0 Å². The van der Waals surface area contributed by atoms with Crippen molar-refractivity contribution in [1.82, 2.24) is 4.90 Å². The second kappa shape index (κ2) is 6.29. The molecule has 4 rings (SSSR count). The molecule has 1 fully saturated rings. The highest BCUT2D eigenvalue weighted by atomic mass is 16.5. The summed E-state index contributed by atoms with van der Waals surface area (Å²) in [6.45, 7) is 2.91. The molecule has 0 unspecified atom stereocenters. The average molecular weight is 323 g/mol. The van der Waals surface area contributed by atoms with Crippen molar-refractivity contribution in [2.24, 2.45) is 0 Å². The Morgan fingerprint density at radius 1 is 1.04 bits per heavy atom. The lowest BCUT2D eigenvalue weighted by atomic mass is 10.0. The van der Waals surface area contributed by atoms with Gasteiger partial charge in [-0.25, -0.2) is 0 Å². The number of rotatable bonds is 3. The average Bonchev–Trinajstić information content (AvgIpc) is 2.63. The predicted octanol–water partition coefficient (Wildman–Crippen LogP) is 3.94. The van der Waals surface area contributed by atoms with Crippen LogP contribution in [0.1, 0.15) is 24.8 Å². The molecule has 4 heteroatoms. The van der Waals surface area contributed by atoms with Crippen molar-refractivity contribution in [1.29, 1.82) is 0 Å². The van der Waals surface area contributed by atoms with E-state index in [2.05, 4.69) is 4.90 Å². The van der Waals surface area contributed by atoms with Crippen LogP contribution in [-0.2, 0) is 6.54 Å². The molecule has 1 saturated heterocycles. The molecule has 0 bridgehead atoms. The topological polar surface area (TPSA) is 42.7 Å². The number of hydrogen-bond acceptors (Lipinski definition) is 4. The first kappa shape index (κ1) is 15.2. The summed E-state index contributed by atoms with van der Waals surface area (Å²) in [5, 5.41) is 1.25. The van der Waals surface area contributed by atoms with Crippen molar-refractivity contribution in [3.63, 3.8) is 0 Å².